The molecule has 0 radical (unpaired) electrons. The van der Waals surface area contributed by atoms with E-state index in [0.29, 0.717) is 12.1 Å². The summed E-state index contributed by atoms with van der Waals surface area (Å²) in [6.45, 7) is 7.80. The first-order valence-electron chi connectivity index (χ1n) is 6.03. The quantitative estimate of drug-likeness (QED) is 0.375. The first kappa shape index (κ1) is 14.2. The van der Waals surface area contributed by atoms with Crippen molar-refractivity contribution in [3.05, 3.63) is 46.7 Å². The van der Waals surface area contributed by atoms with Crippen molar-refractivity contribution in [2.75, 3.05) is 6.54 Å². The molecule has 0 atom stereocenters. The normalized spacial score (nSPS) is 11.2. The fourth-order valence-electron chi connectivity index (χ4n) is 1.66. The van der Waals surface area contributed by atoms with Gasteiger partial charge in [-0.1, -0.05) is 17.7 Å². The summed E-state index contributed by atoms with van der Waals surface area (Å²) in [5.41, 5.74) is 2.68. The van der Waals surface area contributed by atoms with E-state index in [1.807, 2.05) is 39.0 Å². The largest absolute Gasteiger partial charge is 0.390 e. The average molecular weight is 245 g/mol. The zero-order chi connectivity index (χ0) is 13.7. The van der Waals surface area contributed by atoms with Crippen LogP contribution in [-0.2, 0) is 4.79 Å². The van der Waals surface area contributed by atoms with Crippen LogP contribution in [0.25, 0.3) is 0 Å². The highest BCUT2D eigenvalue weighted by molar-refractivity contribution is 6.26. The first-order valence-corrected chi connectivity index (χ1v) is 6.03. The summed E-state index contributed by atoms with van der Waals surface area (Å²) in [6.07, 6.45) is 1.51. The molecule has 0 saturated carbocycles. The van der Waals surface area contributed by atoms with E-state index < -0.39 is 0 Å². The van der Waals surface area contributed by atoms with Gasteiger partial charge in [-0.25, -0.2) is 0 Å². The minimum Gasteiger partial charge on any atom is -0.390 e. The lowest BCUT2D eigenvalue weighted by Gasteiger charge is -2.08. The third kappa shape index (κ3) is 3.29. The molecule has 96 valence electrons. The summed E-state index contributed by atoms with van der Waals surface area (Å²) in [5, 5.41) is 2.91. The van der Waals surface area contributed by atoms with Gasteiger partial charge in [0.15, 0.2) is 11.6 Å². The number of allylic oxidation sites excluding steroid dienone is 1. The Morgan fingerprint density at radius 3 is 2.50 bits per heavy atom. The van der Waals surface area contributed by atoms with Crippen LogP contribution in [0, 0.1) is 13.8 Å². The Hall–Kier alpha value is -1.90. The molecular formula is C15H19NO2. The van der Waals surface area contributed by atoms with Gasteiger partial charge in [0.25, 0.3) is 0 Å². The second-order valence-electron chi connectivity index (χ2n) is 4.32. The minimum absolute atomic E-state index is 0.200. The zero-order valence-corrected chi connectivity index (χ0v) is 11.3. The van der Waals surface area contributed by atoms with E-state index in [9.17, 15) is 9.59 Å². The Kier molecular flexibility index (Phi) is 4.84. The van der Waals surface area contributed by atoms with Gasteiger partial charge < -0.3 is 5.32 Å². The van der Waals surface area contributed by atoms with Crippen molar-refractivity contribution >= 4 is 11.6 Å². The molecule has 0 amide bonds. The molecule has 0 spiro atoms. The molecule has 0 heterocycles. The predicted molar refractivity (Wildman–Crippen MR) is 72.7 cm³/mol. The number of aryl methyl sites for hydroxylation is 2. The Morgan fingerprint density at radius 1 is 1.28 bits per heavy atom. The van der Waals surface area contributed by atoms with Gasteiger partial charge in [-0.05, 0) is 39.3 Å². The summed E-state index contributed by atoms with van der Waals surface area (Å²) < 4.78 is 0. The molecule has 0 aliphatic rings. The van der Waals surface area contributed by atoms with E-state index in [0.717, 1.165) is 11.1 Å². The lowest BCUT2D eigenvalue weighted by molar-refractivity contribution is -0.113. The maximum atomic E-state index is 12.3. The van der Waals surface area contributed by atoms with Crippen LogP contribution in [0.15, 0.2) is 30.0 Å². The summed E-state index contributed by atoms with van der Waals surface area (Å²) in [7, 11) is 0. The smallest absolute Gasteiger partial charge is 0.198 e. The monoisotopic (exact) mass is 245 g/mol. The predicted octanol–water partition coefficient (Wildman–Crippen LogP) is 2.57. The molecule has 0 aromatic heterocycles. The van der Waals surface area contributed by atoms with Crippen LogP contribution < -0.4 is 5.32 Å². The number of ketones is 2. The number of Topliss-reactive ketones (excluding diaryl/α,β-unsaturated/α-hetero) is 2. The lowest BCUT2D eigenvalue weighted by atomic mass is 9.96. The van der Waals surface area contributed by atoms with Crippen LogP contribution in [0.4, 0.5) is 0 Å². The number of nitrogens with one attached hydrogen (secondary N) is 1. The summed E-state index contributed by atoms with van der Waals surface area (Å²) in [4.78, 5) is 23.9. The van der Waals surface area contributed by atoms with Crippen LogP contribution >= 0.6 is 0 Å². The molecule has 0 aliphatic heterocycles. The SMILES string of the molecule is CCN/C=C(\C(C)=O)C(=O)c1cc(C)ccc1C. The van der Waals surface area contributed by atoms with Crippen molar-refractivity contribution in [1.29, 1.82) is 0 Å². The third-order valence-corrected chi connectivity index (χ3v) is 2.71. The maximum absolute atomic E-state index is 12.3. The summed E-state index contributed by atoms with van der Waals surface area (Å²) >= 11 is 0. The Bertz CT molecular complexity index is 501. The molecule has 3 heteroatoms. The van der Waals surface area contributed by atoms with Crippen LogP contribution in [0.5, 0.6) is 0 Å². The molecule has 0 bridgehead atoms. The molecule has 1 aromatic carbocycles. The molecule has 18 heavy (non-hydrogen) atoms. The van der Waals surface area contributed by atoms with E-state index in [2.05, 4.69) is 5.32 Å². The fraction of sp³-hybridized carbons (Fsp3) is 0.333. The molecule has 1 N–H and O–H groups in total. The zero-order valence-electron chi connectivity index (χ0n) is 11.3. The molecule has 0 saturated heterocycles. The number of carbonyl (C=O) groups is 2. The van der Waals surface area contributed by atoms with Crippen LogP contribution in [-0.4, -0.2) is 18.1 Å². The average Bonchev–Trinajstić information content (AvgIpc) is 2.32. The standard InChI is InChI=1S/C15H19NO2/c1-5-16-9-14(12(4)17)15(18)13-8-10(2)6-7-11(13)3/h6-9,16H,5H2,1-4H3/b14-9+. The van der Waals surface area contributed by atoms with Crippen LogP contribution in [0.2, 0.25) is 0 Å². The highest BCUT2D eigenvalue weighted by Crippen LogP contribution is 2.15. The molecule has 0 aliphatic carbocycles. The third-order valence-electron chi connectivity index (χ3n) is 2.71. The van der Waals surface area contributed by atoms with Gasteiger partial charge in [-0.2, -0.15) is 0 Å². The maximum Gasteiger partial charge on any atom is 0.198 e. The molecule has 1 aromatic rings. The van der Waals surface area contributed by atoms with Crippen molar-refractivity contribution in [3.63, 3.8) is 0 Å². The number of benzene rings is 1. The van der Waals surface area contributed by atoms with Gasteiger partial charge in [0, 0.05) is 18.3 Å². The second kappa shape index (κ2) is 6.15. The van der Waals surface area contributed by atoms with E-state index in [4.69, 9.17) is 0 Å². The van der Waals surface area contributed by atoms with Crippen LogP contribution in [0.1, 0.15) is 35.3 Å². The number of hydrogen-bond acceptors (Lipinski definition) is 3. The van der Waals surface area contributed by atoms with E-state index in [1.54, 1.807) is 0 Å². The Labute approximate surface area is 108 Å². The van der Waals surface area contributed by atoms with Crippen molar-refractivity contribution in [1.82, 2.24) is 5.32 Å². The molecular weight excluding hydrogens is 226 g/mol. The highest BCUT2D eigenvalue weighted by Gasteiger charge is 2.18. The lowest BCUT2D eigenvalue weighted by Crippen LogP contribution is -2.16. The highest BCUT2D eigenvalue weighted by atomic mass is 16.1. The molecule has 1 rings (SSSR count). The van der Waals surface area contributed by atoms with Crippen LogP contribution in [0.3, 0.4) is 0 Å². The fourth-order valence-corrected chi connectivity index (χ4v) is 1.66. The molecule has 0 fully saturated rings. The number of rotatable bonds is 5. The number of hydrogen-bond donors (Lipinski definition) is 1. The summed E-state index contributed by atoms with van der Waals surface area (Å²) in [6, 6.07) is 5.67. The topological polar surface area (TPSA) is 46.2 Å². The Morgan fingerprint density at radius 2 is 1.94 bits per heavy atom. The van der Waals surface area contributed by atoms with Crippen molar-refractivity contribution < 1.29 is 9.59 Å². The summed E-state index contributed by atoms with van der Waals surface area (Å²) in [5.74, 6) is -0.438. The minimum atomic E-state index is -0.221. The Balaban J connectivity index is 3.18. The van der Waals surface area contributed by atoms with Gasteiger partial charge in [0.1, 0.15) is 0 Å². The van der Waals surface area contributed by atoms with Gasteiger partial charge >= 0.3 is 0 Å². The number of carbonyl (C=O) groups excluding carboxylic acids is 2. The van der Waals surface area contributed by atoms with Gasteiger partial charge in [0.05, 0.1) is 5.57 Å². The second-order valence-corrected chi connectivity index (χ2v) is 4.32. The van der Waals surface area contributed by atoms with Gasteiger partial charge in [-0.15, -0.1) is 0 Å². The molecule has 0 unspecified atom stereocenters. The van der Waals surface area contributed by atoms with Crippen molar-refractivity contribution in [3.8, 4) is 0 Å². The van der Waals surface area contributed by atoms with E-state index >= 15 is 0 Å². The first-order chi connectivity index (χ1) is 8.47. The van der Waals surface area contributed by atoms with E-state index in [1.165, 1.54) is 13.1 Å². The van der Waals surface area contributed by atoms with Crippen molar-refractivity contribution in [2.24, 2.45) is 0 Å². The van der Waals surface area contributed by atoms with E-state index in [-0.39, 0.29) is 17.1 Å². The molecule has 3 nitrogen and oxygen atoms in total. The van der Waals surface area contributed by atoms with Crippen molar-refractivity contribution in [2.45, 2.75) is 27.7 Å². The van der Waals surface area contributed by atoms with Gasteiger partial charge in [-0.3, -0.25) is 9.59 Å². The van der Waals surface area contributed by atoms with Gasteiger partial charge in [0.2, 0.25) is 0 Å².